The Balaban J connectivity index is 1.48. The van der Waals surface area contributed by atoms with Gasteiger partial charge in [-0.3, -0.25) is 0 Å². The van der Waals surface area contributed by atoms with Gasteiger partial charge in [0.25, 0.3) is 0 Å². The number of halogens is 3. The fourth-order valence-corrected chi connectivity index (χ4v) is 4.88. The molecule has 4 atom stereocenters. The number of alkyl halides is 3. The van der Waals surface area contributed by atoms with Gasteiger partial charge in [-0.25, -0.2) is 4.98 Å². The Morgan fingerprint density at radius 2 is 1.94 bits per heavy atom. The molecule has 0 unspecified atom stereocenters. The minimum atomic E-state index is -4.41. The molecule has 32 heavy (non-hydrogen) atoms. The number of ether oxygens (including phenoxy) is 1. The highest BCUT2D eigenvalue weighted by molar-refractivity contribution is 5.58. The third-order valence-electron chi connectivity index (χ3n) is 6.40. The first-order chi connectivity index (χ1) is 15.4. The number of anilines is 1. The third kappa shape index (κ3) is 4.00. The standard InChI is InChI=1S/C24H24F3N3O2/c25-24(26,27)16-6-9-21-20(10-16)23-19(22(29-21)15-4-2-1-3-5-15)8-7-18(32-23)12-30-11-17(13-31)28-14-30/h1-6,9-11,14,18-19,22-23,29,31H,7-8,12-13H2/t18-,19+,22+,23+/m1/s1. The maximum absolute atomic E-state index is 13.4. The average Bonchev–Trinajstić information content (AvgIpc) is 3.25. The number of nitrogens with zero attached hydrogens (tertiary/aromatic N) is 2. The molecule has 168 valence electrons. The maximum Gasteiger partial charge on any atom is 0.416 e. The van der Waals surface area contributed by atoms with Gasteiger partial charge in [0.2, 0.25) is 0 Å². The van der Waals surface area contributed by atoms with Gasteiger partial charge in [-0.2, -0.15) is 13.2 Å². The normalized spacial score (nSPS) is 25.0. The van der Waals surface area contributed by atoms with E-state index >= 15 is 0 Å². The van der Waals surface area contributed by atoms with E-state index in [0.717, 1.165) is 24.5 Å². The van der Waals surface area contributed by atoms with E-state index in [4.69, 9.17) is 4.74 Å². The number of hydrogen-bond acceptors (Lipinski definition) is 4. The summed E-state index contributed by atoms with van der Waals surface area (Å²) in [6.45, 7) is 0.398. The molecule has 3 heterocycles. The van der Waals surface area contributed by atoms with Crippen molar-refractivity contribution in [3.8, 4) is 0 Å². The van der Waals surface area contributed by atoms with Crippen molar-refractivity contribution in [2.45, 2.75) is 50.4 Å². The van der Waals surface area contributed by atoms with Crippen LogP contribution in [-0.4, -0.2) is 20.8 Å². The molecule has 0 bridgehead atoms. The van der Waals surface area contributed by atoms with Crippen LogP contribution in [-0.2, 0) is 24.1 Å². The Bertz CT molecular complexity index is 1080. The summed E-state index contributed by atoms with van der Waals surface area (Å²) in [5.74, 6) is 0.0143. The van der Waals surface area contributed by atoms with E-state index < -0.39 is 17.8 Å². The fraction of sp³-hybridized carbons (Fsp3) is 0.375. The molecule has 0 spiro atoms. The van der Waals surface area contributed by atoms with Crippen LogP contribution in [0.4, 0.5) is 18.9 Å². The van der Waals surface area contributed by atoms with E-state index in [2.05, 4.69) is 10.3 Å². The van der Waals surface area contributed by atoms with Crippen LogP contribution in [0, 0.1) is 5.92 Å². The SMILES string of the molecule is OCc1cn(C[C@H]2CC[C@@H]3[C@H](O2)c2cc(C(F)(F)F)ccc2N[C@H]3c2ccccc2)cn1. The van der Waals surface area contributed by atoms with Gasteiger partial charge in [-0.05, 0) is 36.6 Å². The molecular weight excluding hydrogens is 419 g/mol. The highest BCUT2D eigenvalue weighted by Gasteiger charge is 2.43. The molecule has 0 amide bonds. The molecule has 2 aliphatic rings. The molecule has 0 saturated carbocycles. The van der Waals surface area contributed by atoms with Gasteiger partial charge >= 0.3 is 6.18 Å². The van der Waals surface area contributed by atoms with E-state index in [-0.39, 0.29) is 24.7 Å². The van der Waals surface area contributed by atoms with Crippen molar-refractivity contribution in [1.82, 2.24) is 9.55 Å². The van der Waals surface area contributed by atoms with Crippen LogP contribution < -0.4 is 5.32 Å². The summed E-state index contributed by atoms with van der Waals surface area (Å²) in [5, 5.41) is 12.7. The Kier molecular flexibility index (Phi) is 5.43. The van der Waals surface area contributed by atoms with Crippen LogP contribution in [0.5, 0.6) is 0 Å². The largest absolute Gasteiger partial charge is 0.416 e. The number of nitrogens with one attached hydrogen (secondary N) is 1. The van der Waals surface area contributed by atoms with Crippen LogP contribution in [0.2, 0.25) is 0 Å². The van der Waals surface area contributed by atoms with Gasteiger partial charge in [-0.15, -0.1) is 0 Å². The molecule has 2 N–H and O–H groups in total. The zero-order valence-electron chi connectivity index (χ0n) is 17.3. The second-order valence-electron chi connectivity index (χ2n) is 8.47. The van der Waals surface area contributed by atoms with Gasteiger partial charge in [0.15, 0.2) is 0 Å². The maximum atomic E-state index is 13.4. The lowest BCUT2D eigenvalue weighted by Gasteiger charge is -2.46. The van der Waals surface area contributed by atoms with Crippen molar-refractivity contribution >= 4 is 5.69 Å². The summed E-state index contributed by atoms with van der Waals surface area (Å²) in [5.41, 5.74) is 2.24. The number of aliphatic hydroxyl groups excluding tert-OH is 1. The Morgan fingerprint density at radius 1 is 1.12 bits per heavy atom. The monoisotopic (exact) mass is 443 g/mol. The van der Waals surface area contributed by atoms with E-state index in [1.807, 2.05) is 34.9 Å². The van der Waals surface area contributed by atoms with Crippen molar-refractivity contribution in [3.05, 3.63) is 83.4 Å². The van der Waals surface area contributed by atoms with E-state index in [1.165, 1.54) is 12.1 Å². The van der Waals surface area contributed by atoms with Gasteiger partial charge < -0.3 is 19.7 Å². The third-order valence-corrected chi connectivity index (χ3v) is 6.40. The first kappa shape index (κ1) is 21.0. The van der Waals surface area contributed by atoms with Crippen molar-refractivity contribution in [3.63, 3.8) is 0 Å². The van der Waals surface area contributed by atoms with Crippen molar-refractivity contribution < 1.29 is 23.0 Å². The van der Waals surface area contributed by atoms with Crippen LogP contribution in [0.15, 0.2) is 61.1 Å². The van der Waals surface area contributed by atoms with Crippen LogP contribution >= 0.6 is 0 Å². The minimum absolute atomic E-state index is 0.0143. The molecule has 1 aromatic heterocycles. The molecule has 0 aliphatic carbocycles. The molecule has 0 radical (unpaired) electrons. The van der Waals surface area contributed by atoms with E-state index in [0.29, 0.717) is 23.5 Å². The quantitative estimate of drug-likeness (QED) is 0.589. The van der Waals surface area contributed by atoms with Gasteiger partial charge in [-0.1, -0.05) is 30.3 Å². The second-order valence-corrected chi connectivity index (χ2v) is 8.47. The number of benzene rings is 2. The second kappa shape index (κ2) is 8.26. The Morgan fingerprint density at radius 3 is 2.66 bits per heavy atom. The molecule has 1 saturated heterocycles. The fourth-order valence-electron chi connectivity index (χ4n) is 4.88. The summed E-state index contributed by atoms with van der Waals surface area (Å²) in [6, 6.07) is 13.8. The predicted octanol–water partition coefficient (Wildman–Crippen LogP) is 5.10. The van der Waals surface area contributed by atoms with Crippen molar-refractivity contribution in [2.75, 3.05) is 5.32 Å². The van der Waals surface area contributed by atoms with Crippen LogP contribution in [0.3, 0.4) is 0 Å². The lowest BCUT2D eigenvalue weighted by Crippen LogP contribution is -2.40. The van der Waals surface area contributed by atoms with E-state index in [1.54, 1.807) is 12.5 Å². The first-order valence-electron chi connectivity index (χ1n) is 10.7. The number of aliphatic hydroxyl groups is 1. The summed E-state index contributed by atoms with van der Waals surface area (Å²) in [6.07, 6.45) is -0.00233. The molecule has 8 heteroatoms. The molecular formula is C24H24F3N3O2. The van der Waals surface area contributed by atoms with Gasteiger partial charge in [0, 0.05) is 29.9 Å². The summed E-state index contributed by atoms with van der Waals surface area (Å²) in [7, 11) is 0. The van der Waals surface area contributed by atoms with E-state index in [9.17, 15) is 18.3 Å². The van der Waals surface area contributed by atoms with Crippen molar-refractivity contribution in [2.24, 2.45) is 5.92 Å². The van der Waals surface area contributed by atoms with Crippen LogP contribution in [0.25, 0.3) is 0 Å². The number of hydrogen-bond donors (Lipinski definition) is 2. The lowest BCUT2D eigenvalue weighted by atomic mass is 9.76. The zero-order valence-corrected chi connectivity index (χ0v) is 17.3. The highest BCUT2D eigenvalue weighted by Crippen LogP contribution is 2.51. The Labute approximate surface area is 183 Å². The summed E-state index contributed by atoms with van der Waals surface area (Å²) in [4.78, 5) is 4.13. The highest BCUT2D eigenvalue weighted by atomic mass is 19.4. The minimum Gasteiger partial charge on any atom is -0.390 e. The Hall–Kier alpha value is -2.84. The van der Waals surface area contributed by atoms with Gasteiger partial charge in [0.05, 0.1) is 42.4 Å². The summed E-state index contributed by atoms with van der Waals surface area (Å²) < 4.78 is 48.6. The first-order valence-corrected chi connectivity index (χ1v) is 10.7. The molecule has 2 aromatic carbocycles. The molecule has 2 aliphatic heterocycles. The zero-order chi connectivity index (χ0) is 22.3. The van der Waals surface area contributed by atoms with Gasteiger partial charge in [0.1, 0.15) is 0 Å². The number of rotatable bonds is 4. The molecule has 5 rings (SSSR count). The topological polar surface area (TPSA) is 59.3 Å². The molecule has 5 nitrogen and oxygen atoms in total. The van der Waals surface area contributed by atoms with Crippen molar-refractivity contribution in [1.29, 1.82) is 0 Å². The number of imidazole rings is 1. The smallest absolute Gasteiger partial charge is 0.390 e. The lowest BCUT2D eigenvalue weighted by molar-refractivity contribution is -0.138. The van der Waals surface area contributed by atoms with Crippen LogP contribution in [0.1, 0.15) is 47.4 Å². The number of aromatic nitrogens is 2. The molecule has 1 fully saturated rings. The number of fused-ring (bicyclic) bond motifs is 3. The molecule has 3 aromatic rings. The average molecular weight is 443 g/mol. The summed E-state index contributed by atoms with van der Waals surface area (Å²) >= 11 is 0. The predicted molar refractivity (Wildman–Crippen MR) is 113 cm³/mol.